The molecular formula is C33H50N2O4S. The largest absolute Gasteiger partial charge is 0.493 e. The molecule has 3 rings (SSSR count). The molecule has 0 atom stereocenters. The van der Waals surface area contributed by atoms with Crippen LogP contribution < -0.4 is 9.47 Å². The number of rotatable bonds is 17. The van der Waals surface area contributed by atoms with Crippen molar-refractivity contribution >= 4 is 23.2 Å². The first-order valence-corrected chi connectivity index (χ1v) is 16.1. The van der Waals surface area contributed by atoms with E-state index >= 15 is 0 Å². The fourth-order valence-electron chi connectivity index (χ4n) is 5.61. The van der Waals surface area contributed by atoms with Gasteiger partial charge in [0.25, 0.3) is 0 Å². The van der Waals surface area contributed by atoms with Crippen LogP contribution in [0.2, 0.25) is 0 Å². The van der Waals surface area contributed by atoms with Crippen LogP contribution in [-0.2, 0) is 22.6 Å². The fraction of sp³-hybridized carbons (Fsp3) is 0.636. The lowest BCUT2D eigenvalue weighted by atomic mass is 9.93. The van der Waals surface area contributed by atoms with Gasteiger partial charge in [0.1, 0.15) is 6.54 Å². The smallest absolute Gasteiger partial charge is 0.242 e. The van der Waals surface area contributed by atoms with E-state index in [1.165, 1.54) is 41.9 Å². The summed E-state index contributed by atoms with van der Waals surface area (Å²) in [4.78, 5) is 33.7. The zero-order valence-electron chi connectivity index (χ0n) is 25.2. The van der Waals surface area contributed by atoms with Crippen LogP contribution in [0.25, 0.3) is 0 Å². The molecule has 1 aromatic carbocycles. The number of benzene rings is 1. The summed E-state index contributed by atoms with van der Waals surface area (Å²) in [5, 5.41) is 0. The summed E-state index contributed by atoms with van der Waals surface area (Å²) >= 11 is 1.73. The first kappa shape index (κ1) is 32.0. The number of aryl methyl sites for hydroxylation is 1. The van der Waals surface area contributed by atoms with Crippen molar-refractivity contribution in [1.29, 1.82) is 0 Å². The van der Waals surface area contributed by atoms with E-state index in [1.54, 1.807) is 25.6 Å². The van der Waals surface area contributed by atoms with Gasteiger partial charge >= 0.3 is 0 Å². The number of methoxy groups -OCH3 is 2. The van der Waals surface area contributed by atoms with Crippen molar-refractivity contribution in [3.05, 3.63) is 45.6 Å². The van der Waals surface area contributed by atoms with Crippen molar-refractivity contribution in [2.45, 2.75) is 110 Å². The summed E-state index contributed by atoms with van der Waals surface area (Å²) in [5.41, 5.74) is 1.08. The van der Waals surface area contributed by atoms with Gasteiger partial charge in [0, 0.05) is 28.8 Å². The summed E-state index contributed by atoms with van der Waals surface area (Å²) in [6.45, 7) is 5.63. The van der Waals surface area contributed by atoms with E-state index in [4.69, 9.17) is 9.47 Å². The van der Waals surface area contributed by atoms with Gasteiger partial charge in [-0.15, -0.1) is 11.3 Å². The third-order valence-electron chi connectivity index (χ3n) is 8.00. The molecule has 0 saturated heterocycles. The Kier molecular flexibility index (Phi) is 13.8. The molecule has 40 heavy (non-hydrogen) atoms. The molecule has 0 unspecified atom stereocenters. The normalized spacial score (nSPS) is 13.7. The molecule has 0 spiro atoms. The summed E-state index contributed by atoms with van der Waals surface area (Å²) in [5.74, 6) is 1.58. The van der Waals surface area contributed by atoms with Crippen molar-refractivity contribution in [2.75, 3.05) is 27.3 Å². The summed E-state index contributed by atoms with van der Waals surface area (Å²) in [6, 6.07) is 10.3. The van der Waals surface area contributed by atoms with E-state index in [1.807, 2.05) is 28.0 Å². The molecule has 0 radical (unpaired) electrons. The number of thiophene rings is 1. The second-order valence-electron chi connectivity index (χ2n) is 11.1. The van der Waals surface area contributed by atoms with Crippen molar-refractivity contribution in [2.24, 2.45) is 0 Å². The van der Waals surface area contributed by atoms with Crippen LogP contribution in [0, 0.1) is 6.92 Å². The van der Waals surface area contributed by atoms with E-state index in [0.717, 1.165) is 44.1 Å². The molecule has 1 heterocycles. The zero-order valence-corrected chi connectivity index (χ0v) is 26.0. The van der Waals surface area contributed by atoms with Crippen molar-refractivity contribution in [1.82, 2.24) is 9.80 Å². The van der Waals surface area contributed by atoms with Gasteiger partial charge in [0.2, 0.25) is 11.8 Å². The molecule has 0 N–H and O–H groups in total. The minimum Gasteiger partial charge on any atom is -0.493 e. The third kappa shape index (κ3) is 10.1. The summed E-state index contributed by atoms with van der Waals surface area (Å²) in [6.07, 6.45) is 13.7. The average molecular weight is 571 g/mol. The van der Waals surface area contributed by atoms with Crippen LogP contribution in [0.1, 0.15) is 99.3 Å². The third-order valence-corrected chi connectivity index (χ3v) is 8.98. The molecule has 2 aromatic rings. The Morgan fingerprint density at radius 1 is 0.900 bits per heavy atom. The van der Waals surface area contributed by atoms with E-state index < -0.39 is 0 Å². The van der Waals surface area contributed by atoms with Gasteiger partial charge in [0.05, 0.1) is 20.8 Å². The zero-order chi connectivity index (χ0) is 28.7. The number of carbonyl (C=O) groups is 2. The van der Waals surface area contributed by atoms with E-state index in [0.29, 0.717) is 37.4 Å². The van der Waals surface area contributed by atoms with Gasteiger partial charge < -0.3 is 19.3 Å². The Hall–Kier alpha value is -2.54. The highest BCUT2D eigenvalue weighted by molar-refractivity contribution is 7.11. The van der Waals surface area contributed by atoms with E-state index in [9.17, 15) is 9.59 Å². The Bertz CT molecular complexity index is 1050. The number of unbranched alkanes of at least 4 members (excludes halogenated alkanes) is 5. The molecule has 1 saturated carbocycles. The predicted octanol–water partition coefficient (Wildman–Crippen LogP) is 7.56. The van der Waals surface area contributed by atoms with Crippen LogP contribution in [-0.4, -0.2) is 55.0 Å². The number of hydrogen-bond acceptors (Lipinski definition) is 5. The van der Waals surface area contributed by atoms with Crippen LogP contribution in [0.5, 0.6) is 11.5 Å². The van der Waals surface area contributed by atoms with Gasteiger partial charge in [0.15, 0.2) is 11.5 Å². The monoisotopic (exact) mass is 570 g/mol. The standard InChI is InChI=1S/C33H50N2O4S/c1-5-6-7-8-9-13-16-32(36)35(28-14-11-10-12-15-28)25-33(37)34(24-29-19-17-26(2)40-29)22-21-27-18-20-30(38-3)31(23-27)39-4/h17-20,23,28H,5-16,21-22,24-25H2,1-4H3. The molecule has 6 nitrogen and oxygen atoms in total. The Morgan fingerprint density at radius 2 is 1.62 bits per heavy atom. The molecule has 0 bridgehead atoms. The van der Waals surface area contributed by atoms with E-state index in [-0.39, 0.29) is 24.4 Å². The molecule has 1 aliphatic carbocycles. The first-order chi connectivity index (χ1) is 19.4. The number of nitrogens with zero attached hydrogens (tertiary/aromatic N) is 2. The number of amides is 2. The Labute approximate surface area is 246 Å². The topological polar surface area (TPSA) is 59.1 Å². The Balaban J connectivity index is 1.70. The number of hydrogen-bond donors (Lipinski definition) is 0. The van der Waals surface area contributed by atoms with Crippen LogP contribution in [0.15, 0.2) is 30.3 Å². The molecular weight excluding hydrogens is 520 g/mol. The van der Waals surface area contributed by atoms with Gasteiger partial charge in [-0.05, 0) is 62.4 Å². The maximum absolute atomic E-state index is 13.9. The average Bonchev–Trinajstić information content (AvgIpc) is 3.40. The quantitative estimate of drug-likeness (QED) is 0.184. The van der Waals surface area contributed by atoms with Crippen molar-refractivity contribution in [3.63, 3.8) is 0 Å². The second-order valence-corrected chi connectivity index (χ2v) is 12.5. The lowest BCUT2D eigenvalue weighted by Crippen LogP contribution is -2.48. The molecule has 1 aromatic heterocycles. The van der Waals surface area contributed by atoms with Gasteiger partial charge in [-0.25, -0.2) is 0 Å². The molecule has 222 valence electrons. The maximum Gasteiger partial charge on any atom is 0.242 e. The van der Waals surface area contributed by atoms with Crippen LogP contribution in [0.3, 0.4) is 0 Å². The molecule has 1 aliphatic rings. The highest BCUT2D eigenvalue weighted by Gasteiger charge is 2.29. The van der Waals surface area contributed by atoms with Gasteiger partial charge in [-0.3, -0.25) is 9.59 Å². The second kappa shape index (κ2) is 17.3. The van der Waals surface area contributed by atoms with E-state index in [2.05, 4.69) is 26.0 Å². The first-order valence-electron chi connectivity index (χ1n) is 15.3. The van der Waals surface area contributed by atoms with Crippen molar-refractivity contribution < 1.29 is 19.1 Å². The van der Waals surface area contributed by atoms with Gasteiger partial charge in [-0.1, -0.05) is 64.4 Å². The molecule has 7 heteroatoms. The van der Waals surface area contributed by atoms with Crippen molar-refractivity contribution in [3.8, 4) is 11.5 Å². The minimum atomic E-state index is 0.0356. The lowest BCUT2D eigenvalue weighted by molar-refractivity contribution is -0.143. The Morgan fingerprint density at radius 3 is 2.30 bits per heavy atom. The van der Waals surface area contributed by atoms with Gasteiger partial charge in [-0.2, -0.15) is 0 Å². The SMILES string of the molecule is CCCCCCCCC(=O)N(CC(=O)N(CCc1ccc(OC)c(OC)c1)Cc1ccc(C)s1)C1CCCCC1. The van der Waals surface area contributed by atoms with Crippen LogP contribution >= 0.6 is 11.3 Å². The molecule has 2 amide bonds. The lowest BCUT2D eigenvalue weighted by Gasteiger charge is -2.35. The minimum absolute atomic E-state index is 0.0356. The number of ether oxygens (including phenoxy) is 2. The highest BCUT2D eigenvalue weighted by atomic mass is 32.1. The molecule has 1 fully saturated rings. The highest BCUT2D eigenvalue weighted by Crippen LogP contribution is 2.28. The summed E-state index contributed by atoms with van der Waals surface area (Å²) < 4.78 is 10.9. The van der Waals surface area contributed by atoms with Crippen LogP contribution in [0.4, 0.5) is 0 Å². The maximum atomic E-state index is 13.9. The fourth-order valence-corrected chi connectivity index (χ4v) is 6.52. The predicted molar refractivity (Wildman–Crippen MR) is 164 cm³/mol. The number of carbonyl (C=O) groups excluding carboxylic acids is 2. The molecule has 0 aliphatic heterocycles. The summed E-state index contributed by atoms with van der Waals surface area (Å²) in [7, 11) is 3.27.